The molecule has 1 nitrogen and oxygen atoms in total. The number of thiophene rings is 1. The Bertz CT molecular complexity index is 892. The maximum atomic E-state index is 3.53. The summed E-state index contributed by atoms with van der Waals surface area (Å²) < 4.78 is 1.32. The van der Waals surface area contributed by atoms with Crippen LogP contribution in [-0.4, -0.2) is 0 Å². The Labute approximate surface area is 121 Å². The molecule has 0 spiro atoms. The molecule has 0 amide bonds. The van der Waals surface area contributed by atoms with Crippen molar-refractivity contribution in [2.45, 2.75) is 0 Å². The second kappa shape index (κ2) is 4.66. The number of rotatable bonds is 2. The minimum absolute atomic E-state index is 1.13. The molecule has 0 aliphatic rings. The van der Waals surface area contributed by atoms with Gasteiger partial charge >= 0.3 is 0 Å². The molecular weight excluding hydrogens is 262 g/mol. The van der Waals surface area contributed by atoms with Crippen LogP contribution in [0.25, 0.3) is 20.9 Å². The molecule has 3 aromatic carbocycles. The van der Waals surface area contributed by atoms with E-state index in [9.17, 15) is 0 Å². The summed E-state index contributed by atoms with van der Waals surface area (Å²) in [6, 6.07) is 23.4. The molecule has 0 radical (unpaired) electrons. The fraction of sp³-hybridized carbons (Fsp3) is 0. The Morgan fingerprint density at radius 3 is 2.50 bits per heavy atom. The minimum Gasteiger partial charge on any atom is -0.354 e. The molecule has 0 saturated heterocycles. The summed E-state index contributed by atoms with van der Waals surface area (Å²) in [5.41, 5.74) is 2.31. The van der Waals surface area contributed by atoms with Crippen molar-refractivity contribution in [2.24, 2.45) is 0 Å². The molecule has 4 rings (SSSR count). The summed E-state index contributed by atoms with van der Waals surface area (Å²) in [7, 11) is 0. The van der Waals surface area contributed by atoms with Crippen molar-refractivity contribution < 1.29 is 0 Å². The van der Waals surface area contributed by atoms with Crippen LogP contribution in [0.2, 0.25) is 0 Å². The number of nitrogens with one attached hydrogen (secondary N) is 1. The van der Waals surface area contributed by atoms with Gasteiger partial charge in [0.05, 0.1) is 5.69 Å². The third-order valence-corrected chi connectivity index (χ3v) is 4.47. The van der Waals surface area contributed by atoms with Crippen LogP contribution >= 0.6 is 11.3 Å². The van der Waals surface area contributed by atoms with Crippen molar-refractivity contribution in [3.8, 4) is 0 Å². The van der Waals surface area contributed by atoms with E-state index in [0.717, 1.165) is 5.69 Å². The first-order chi connectivity index (χ1) is 9.90. The first-order valence-corrected chi connectivity index (χ1v) is 7.50. The van der Waals surface area contributed by atoms with Crippen LogP contribution in [0.1, 0.15) is 0 Å². The molecular formula is C18H13NS. The van der Waals surface area contributed by atoms with E-state index in [2.05, 4.69) is 77.4 Å². The highest BCUT2D eigenvalue weighted by atomic mass is 32.1. The highest BCUT2D eigenvalue weighted by Gasteiger charge is 2.03. The van der Waals surface area contributed by atoms with Crippen LogP contribution in [0.4, 0.5) is 11.4 Å². The fourth-order valence-corrected chi connectivity index (χ4v) is 3.39. The van der Waals surface area contributed by atoms with Gasteiger partial charge in [0.2, 0.25) is 0 Å². The van der Waals surface area contributed by atoms with Gasteiger partial charge in [-0.25, -0.2) is 0 Å². The van der Waals surface area contributed by atoms with Gasteiger partial charge in [-0.2, -0.15) is 0 Å². The smallest absolute Gasteiger partial charge is 0.0572 e. The molecule has 0 bridgehead atoms. The van der Waals surface area contributed by atoms with Crippen LogP contribution in [0.3, 0.4) is 0 Å². The minimum atomic E-state index is 1.13. The molecule has 0 aliphatic heterocycles. The van der Waals surface area contributed by atoms with Gasteiger partial charge in [-0.15, -0.1) is 11.3 Å². The summed E-state index contributed by atoms with van der Waals surface area (Å²) in [5, 5.41) is 9.53. The first-order valence-electron chi connectivity index (χ1n) is 6.62. The number of fused-ring (bicyclic) bond motifs is 2. The van der Waals surface area contributed by atoms with E-state index in [4.69, 9.17) is 0 Å². The van der Waals surface area contributed by atoms with Crippen LogP contribution < -0.4 is 5.32 Å². The molecule has 2 heteroatoms. The monoisotopic (exact) mass is 275 g/mol. The molecule has 20 heavy (non-hydrogen) atoms. The normalized spacial score (nSPS) is 11.0. The Balaban J connectivity index is 1.76. The predicted octanol–water partition coefficient (Wildman–Crippen LogP) is 5.80. The second-order valence-corrected chi connectivity index (χ2v) is 5.74. The molecule has 0 atom stereocenters. The summed E-state index contributed by atoms with van der Waals surface area (Å²) in [6.45, 7) is 0. The van der Waals surface area contributed by atoms with Crippen LogP contribution in [0.15, 0.2) is 72.1 Å². The molecule has 4 aromatic rings. The number of hydrogen-bond donors (Lipinski definition) is 1. The molecule has 1 aromatic heterocycles. The lowest BCUT2D eigenvalue weighted by molar-refractivity contribution is 1.63. The molecule has 0 aliphatic carbocycles. The molecule has 96 valence electrons. The third kappa shape index (κ3) is 1.95. The first kappa shape index (κ1) is 11.5. The largest absolute Gasteiger partial charge is 0.354 e. The Kier molecular flexibility index (Phi) is 2.68. The number of benzene rings is 3. The zero-order valence-electron chi connectivity index (χ0n) is 10.8. The summed E-state index contributed by atoms with van der Waals surface area (Å²) >= 11 is 1.77. The molecule has 0 saturated carbocycles. The van der Waals surface area contributed by atoms with Crippen molar-refractivity contribution >= 4 is 43.6 Å². The highest BCUT2D eigenvalue weighted by Crippen LogP contribution is 2.32. The summed E-state index contributed by atoms with van der Waals surface area (Å²) in [5.74, 6) is 0. The van der Waals surface area contributed by atoms with E-state index in [1.165, 1.54) is 26.5 Å². The SMILES string of the molecule is c1ccc2cc(Nc3csc4ccccc34)ccc2c1. The van der Waals surface area contributed by atoms with E-state index in [-0.39, 0.29) is 0 Å². The Hall–Kier alpha value is -2.32. The maximum absolute atomic E-state index is 3.53. The maximum Gasteiger partial charge on any atom is 0.0572 e. The fourth-order valence-electron chi connectivity index (χ4n) is 2.50. The average Bonchev–Trinajstić information content (AvgIpc) is 2.91. The van der Waals surface area contributed by atoms with E-state index in [0.29, 0.717) is 0 Å². The van der Waals surface area contributed by atoms with Crippen LogP contribution in [-0.2, 0) is 0 Å². The zero-order chi connectivity index (χ0) is 13.4. The highest BCUT2D eigenvalue weighted by molar-refractivity contribution is 7.17. The van der Waals surface area contributed by atoms with E-state index >= 15 is 0 Å². The Morgan fingerprint density at radius 1 is 0.750 bits per heavy atom. The van der Waals surface area contributed by atoms with E-state index < -0.39 is 0 Å². The molecule has 1 heterocycles. The van der Waals surface area contributed by atoms with E-state index in [1.54, 1.807) is 11.3 Å². The van der Waals surface area contributed by atoms with Gasteiger partial charge in [-0.3, -0.25) is 0 Å². The van der Waals surface area contributed by atoms with Gasteiger partial charge in [-0.05, 0) is 29.0 Å². The topological polar surface area (TPSA) is 12.0 Å². The van der Waals surface area contributed by atoms with Crippen molar-refractivity contribution in [3.05, 3.63) is 72.1 Å². The van der Waals surface area contributed by atoms with Gasteiger partial charge in [0, 0.05) is 21.2 Å². The molecule has 1 N–H and O–H groups in total. The van der Waals surface area contributed by atoms with Crippen molar-refractivity contribution in [3.63, 3.8) is 0 Å². The summed E-state index contributed by atoms with van der Waals surface area (Å²) in [4.78, 5) is 0. The Morgan fingerprint density at radius 2 is 1.55 bits per heavy atom. The van der Waals surface area contributed by atoms with Crippen LogP contribution in [0, 0.1) is 0 Å². The summed E-state index contributed by atoms with van der Waals surface area (Å²) in [6.07, 6.45) is 0. The van der Waals surface area contributed by atoms with Gasteiger partial charge in [0.25, 0.3) is 0 Å². The predicted molar refractivity (Wildman–Crippen MR) is 89.1 cm³/mol. The van der Waals surface area contributed by atoms with E-state index in [1.807, 2.05) is 0 Å². The van der Waals surface area contributed by atoms with Gasteiger partial charge in [0.1, 0.15) is 0 Å². The van der Waals surface area contributed by atoms with Crippen LogP contribution in [0.5, 0.6) is 0 Å². The lowest BCUT2D eigenvalue weighted by atomic mass is 10.1. The standard InChI is InChI=1S/C18H13NS/c1-2-6-14-11-15(10-9-13(14)5-1)19-17-12-20-18-8-4-3-7-16(17)18/h1-12,19H. The molecule has 0 fully saturated rings. The lowest BCUT2D eigenvalue weighted by Crippen LogP contribution is -1.88. The van der Waals surface area contributed by atoms with Crippen molar-refractivity contribution in [1.82, 2.24) is 0 Å². The van der Waals surface area contributed by atoms with Gasteiger partial charge in [0.15, 0.2) is 0 Å². The molecule has 0 unspecified atom stereocenters. The third-order valence-electron chi connectivity index (χ3n) is 3.51. The second-order valence-electron chi connectivity index (χ2n) is 4.83. The number of hydrogen-bond acceptors (Lipinski definition) is 2. The zero-order valence-corrected chi connectivity index (χ0v) is 11.7. The lowest BCUT2D eigenvalue weighted by Gasteiger charge is -2.06. The van der Waals surface area contributed by atoms with Gasteiger partial charge in [-0.1, -0.05) is 48.5 Å². The van der Waals surface area contributed by atoms with Gasteiger partial charge < -0.3 is 5.32 Å². The number of anilines is 2. The average molecular weight is 275 g/mol. The van der Waals surface area contributed by atoms with Crippen molar-refractivity contribution in [2.75, 3.05) is 5.32 Å². The quantitative estimate of drug-likeness (QED) is 0.487. The van der Waals surface area contributed by atoms with Crippen molar-refractivity contribution in [1.29, 1.82) is 0 Å².